The smallest absolute Gasteiger partial charge is 0.224 e. The largest absolute Gasteiger partial charge is 0.232 e. The lowest BCUT2D eigenvalue weighted by atomic mass is 9.84. The lowest BCUT2D eigenvalue weighted by molar-refractivity contribution is 0.548. The number of nitrogens with zero attached hydrogens (tertiary/aromatic N) is 3. The predicted molar refractivity (Wildman–Crippen MR) is 64.3 cm³/mol. The normalized spacial score (nSPS) is 11.6. The van der Waals surface area contributed by atoms with Crippen molar-refractivity contribution in [1.82, 2.24) is 9.97 Å². The summed E-state index contributed by atoms with van der Waals surface area (Å²) in [6, 6.07) is 2.02. The van der Waals surface area contributed by atoms with Gasteiger partial charge in [-0.2, -0.15) is 5.26 Å². The maximum Gasteiger partial charge on any atom is 0.232 e. The highest BCUT2D eigenvalue weighted by Crippen LogP contribution is 2.30. The molecule has 0 aromatic carbocycles. The van der Waals surface area contributed by atoms with E-state index >= 15 is 0 Å². The third kappa shape index (κ3) is 2.38. The predicted octanol–water partition coefficient (Wildman–Crippen LogP) is 3.08. The molecule has 1 heterocycles. The molecule has 0 amide bonds. The number of aromatic nitrogens is 2. The quantitative estimate of drug-likeness (QED) is 0.726. The summed E-state index contributed by atoms with van der Waals surface area (Å²) < 4.78 is 0. The van der Waals surface area contributed by atoms with Gasteiger partial charge in [-0.1, -0.05) is 34.6 Å². The number of hydrogen-bond donors (Lipinski definition) is 0. The van der Waals surface area contributed by atoms with Gasteiger partial charge in [0, 0.05) is 11.1 Å². The number of aryl methyl sites for hydroxylation is 1. The van der Waals surface area contributed by atoms with Gasteiger partial charge < -0.3 is 0 Å². The Labute approximate surface area is 97.5 Å². The summed E-state index contributed by atoms with van der Waals surface area (Å²) in [6.07, 6.45) is 0. The van der Waals surface area contributed by atoms with E-state index in [1.807, 2.05) is 13.0 Å². The van der Waals surface area contributed by atoms with Crippen LogP contribution in [0.2, 0.25) is 0 Å². The molecule has 1 aromatic heterocycles. The summed E-state index contributed by atoms with van der Waals surface area (Å²) in [5.74, 6) is 0.647. The lowest BCUT2D eigenvalue weighted by Gasteiger charge is -2.24. The van der Waals surface area contributed by atoms with Gasteiger partial charge in [-0.05, 0) is 18.4 Å². The molecule has 0 atom stereocenters. The van der Waals surface area contributed by atoms with Crippen LogP contribution in [0.5, 0.6) is 0 Å². The first-order valence-electron chi connectivity index (χ1n) is 5.56. The van der Waals surface area contributed by atoms with E-state index in [1.54, 1.807) is 0 Å². The molecule has 0 spiro atoms. The van der Waals surface area contributed by atoms with E-state index in [1.165, 1.54) is 5.56 Å². The first-order chi connectivity index (χ1) is 7.27. The van der Waals surface area contributed by atoms with Crippen LogP contribution < -0.4 is 0 Å². The van der Waals surface area contributed by atoms with E-state index in [2.05, 4.69) is 44.6 Å². The second kappa shape index (κ2) is 4.21. The molecule has 86 valence electrons. The highest BCUT2D eigenvalue weighted by molar-refractivity contribution is 5.34. The van der Waals surface area contributed by atoms with E-state index in [-0.39, 0.29) is 11.2 Å². The Kier molecular flexibility index (Phi) is 3.32. The monoisotopic (exact) mass is 217 g/mol. The first kappa shape index (κ1) is 12.6. The van der Waals surface area contributed by atoms with E-state index in [4.69, 9.17) is 5.26 Å². The maximum absolute atomic E-state index is 8.91. The van der Waals surface area contributed by atoms with Crippen molar-refractivity contribution in [2.75, 3.05) is 0 Å². The fraction of sp³-hybridized carbons (Fsp3) is 0.615. The second-order valence-electron chi connectivity index (χ2n) is 5.41. The maximum atomic E-state index is 8.91. The van der Waals surface area contributed by atoms with Crippen molar-refractivity contribution in [3.8, 4) is 6.07 Å². The van der Waals surface area contributed by atoms with E-state index in [0.29, 0.717) is 5.92 Å². The molecule has 3 nitrogen and oxygen atoms in total. The topological polar surface area (TPSA) is 49.6 Å². The molecule has 0 aliphatic carbocycles. The van der Waals surface area contributed by atoms with Crippen LogP contribution in [0.15, 0.2) is 0 Å². The van der Waals surface area contributed by atoms with Crippen LogP contribution in [-0.2, 0) is 5.41 Å². The summed E-state index contributed by atoms with van der Waals surface area (Å²) in [5.41, 5.74) is 3.03. The average molecular weight is 217 g/mol. The standard InChI is InChI=1S/C13H19N3/c1-8(2)11-9(3)15-10(7-14)16-12(11)13(4,5)6/h8H,1-6H3. The Balaban J connectivity index is 3.55. The van der Waals surface area contributed by atoms with E-state index < -0.39 is 0 Å². The molecule has 3 heteroatoms. The molecule has 0 saturated carbocycles. The Bertz CT molecular complexity index is 434. The number of nitriles is 1. The van der Waals surface area contributed by atoms with Gasteiger partial charge in [0.05, 0.1) is 5.69 Å². The molecule has 0 aliphatic rings. The Morgan fingerprint density at radius 1 is 1.19 bits per heavy atom. The Hall–Kier alpha value is -1.43. The zero-order valence-corrected chi connectivity index (χ0v) is 10.9. The fourth-order valence-corrected chi connectivity index (χ4v) is 1.89. The van der Waals surface area contributed by atoms with Crippen molar-refractivity contribution in [1.29, 1.82) is 5.26 Å². The summed E-state index contributed by atoms with van der Waals surface area (Å²) in [5, 5.41) is 8.91. The van der Waals surface area contributed by atoms with Crippen LogP contribution >= 0.6 is 0 Å². The van der Waals surface area contributed by atoms with Crippen molar-refractivity contribution in [3.05, 3.63) is 22.8 Å². The van der Waals surface area contributed by atoms with Gasteiger partial charge in [0.25, 0.3) is 0 Å². The molecule has 0 fully saturated rings. The van der Waals surface area contributed by atoms with Gasteiger partial charge in [-0.25, -0.2) is 9.97 Å². The van der Waals surface area contributed by atoms with Gasteiger partial charge in [0.2, 0.25) is 5.82 Å². The van der Waals surface area contributed by atoms with Crippen molar-refractivity contribution in [3.63, 3.8) is 0 Å². The third-order valence-electron chi connectivity index (χ3n) is 2.52. The van der Waals surface area contributed by atoms with E-state index in [0.717, 1.165) is 11.4 Å². The van der Waals surface area contributed by atoms with Crippen molar-refractivity contribution >= 4 is 0 Å². The zero-order chi connectivity index (χ0) is 12.5. The zero-order valence-electron chi connectivity index (χ0n) is 10.9. The minimum atomic E-state index is -0.0566. The minimum Gasteiger partial charge on any atom is -0.224 e. The SMILES string of the molecule is Cc1nc(C#N)nc(C(C)(C)C)c1C(C)C. The van der Waals surface area contributed by atoms with Crippen LogP contribution in [0, 0.1) is 18.3 Å². The fourth-order valence-electron chi connectivity index (χ4n) is 1.89. The van der Waals surface area contributed by atoms with Gasteiger partial charge >= 0.3 is 0 Å². The highest BCUT2D eigenvalue weighted by Gasteiger charge is 2.24. The summed E-state index contributed by atoms with van der Waals surface area (Å²) in [4.78, 5) is 8.59. The first-order valence-corrected chi connectivity index (χ1v) is 5.56. The highest BCUT2D eigenvalue weighted by atomic mass is 14.9. The average Bonchev–Trinajstić information content (AvgIpc) is 2.14. The van der Waals surface area contributed by atoms with Crippen molar-refractivity contribution in [2.24, 2.45) is 0 Å². The van der Waals surface area contributed by atoms with Gasteiger partial charge in [-0.3, -0.25) is 0 Å². The minimum absolute atomic E-state index is 0.0566. The Morgan fingerprint density at radius 2 is 1.75 bits per heavy atom. The lowest BCUT2D eigenvalue weighted by Crippen LogP contribution is -2.20. The number of rotatable bonds is 1. The Morgan fingerprint density at radius 3 is 2.12 bits per heavy atom. The van der Waals surface area contributed by atoms with Gasteiger partial charge in [0.15, 0.2) is 0 Å². The summed E-state index contributed by atoms with van der Waals surface area (Å²) >= 11 is 0. The molecule has 0 N–H and O–H groups in total. The van der Waals surface area contributed by atoms with Gasteiger partial charge in [-0.15, -0.1) is 0 Å². The molecule has 1 rings (SSSR count). The van der Waals surface area contributed by atoms with Crippen LogP contribution in [-0.4, -0.2) is 9.97 Å². The van der Waals surface area contributed by atoms with Crippen LogP contribution in [0.4, 0.5) is 0 Å². The molecule has 16 heavy (non-hydrogen) atoms. The molecule has 0 radical (unpaired) electrons. The molecule has 0 aliphatic heterocycles. The van der Waals surface area contributed by atoms with Crippen molar-refractivity contribution in [2.45, 2.75) is 52.9 Å². The molecule has 0 bridgehead atoms. The van der Waals surface area contributed by atoms with Crippen LogP contribution in [0.25, 0.3) is 0 Å². The third-order valence-corrected chi connectivity index (χ3v) is 2.52. The summed E-state index contributed by atoms with van der Waals surface area (Å²) in [6.45, 7) is 12.6. The molecular weight excluding hydrogens is 198 g/mol. The summed E-state index contributed by atoms with van der Waals surface area (Å²) in [7, 11) is 0. The molecular formula is C13H19N3. The second-order valence-corrected chi connectivity index (χ2v) is 5.41. The van der Waals surface area contributed by atoms with Crippen molar-refractivity contribution < 1.29 is 0 Å². The molecule has 1 aromatic rings. The van der Waals surface area contributed by atoms with E-state index in [9.17, 15) is 0 Å². The molecule has 0 unspecified atom stereocenters. The van der Waals surface area contributed by atoms with Crippen LogP contribution in [0.1, 0.15) is 63.3 Å². The van der Waals surface area contributed by atoms with Crippen LogP contribution in [0.3, 0.4) is 0 Å². The van der Waals surface area contributed by atoms with Gasteiger partial charge in [0.1, 0.15) is 6.07 Å². The molecule has 0 saturated heterocycles. The number of hydrogen-bond acceptors (Lipinski definition) is 3.